The number of carboxylic acids is 1. The van der Waals surface area contributed by atoms with Crippen LogP contribution in [0.4, 0.5) is 10.5 Å². The first kappa shape index (κ1) is 13.7. The Morgan fingerprint density at radius 3 is 2.89 bits per heavy atom. The van der Waals surface area contributed by atoms with Crippen LogP contribution in [0.2, 0.25) is 5.02 Å². The lowest BCUT2D eigenvalue weighted by Gasteiger charge is -2.30. The van der Waals surface area contributed by atoms with Crippen LogP contribution in [0.5, 0.6) is 0 Å². The fourth-order valence-corrected chi connectivity index (χ4v) is 2.32. The van der Waals surface area contributed by atoms with Crippen LogP contribution in [0.25, 0.3) is 0 Å². The molecule has 0 aliphatic carbocycles. The van der Waals surface area contributed by atoms with E-state index in [9.17, 15) is 9.59 Å². The van der Waals surface area contributed by atoms with E-state index >= 15 is 0 Å². The molecule has 5 nitrogen and oxygen atoms in total. The van der Waals surface area contributed by atoms with Crippen LogP contribution >= 0.6 is 11.6 Å². The van der Waals surface area contributed by atoms with Crippen molar-refractivity contribution >= 4 is 29.3 Å². The summed E-state index contributed by atoms with van der Waals surface area (Å²) in [7, 11) is 0. The lowest BCUT2D eigenvalue weighted by atomic mass is 9.99. The second-order valence-electron chi connectivity index (χ2n) is 4.56. The van der Waals surface area contributed by atoms with E-state index in [0.717, 1.165) is 0 Å². The zero-order valence-electron chi connectivity index (χ0n) is 10.3. The number of benzene rings is 1. The monoisotopic (exact) mass is 282 g/mol. The lowest BCUT2D eigenvalue weighted by molar-refractivity contribution is -0.143. The van der Waals surface area contributed by atoms with Crippen LogP contribution in [0.1, 0.15) is 12.8 Å². The number of piperidine rings is 1. The molecule has 0 bridgehead atoms. The van der Waals surface area contributed by atoms with E-state index in [4.69, 9.17) is 16.7 Å². The number of hydrogen-bond acceptors (Lipinski definition) is 2. The number of anilines is 1. The van der Waals surface area contributed by atoms with Crippen LogP contribution in [-0.4, -0.2) is 35.1 Å². The molecule has 0 spiro atoms. The largest absolute Gasteiger partial charge is 0.481 e. The minimum atomic E-state index is -0.847. The Kier molecular flexibility index (Phi) is 4.27. The summed E-state index contributed by atoms with van der Waals surface area (Å²) in [5.41, 5.74) is 0.606. The molecule has 19 heavy (non-hydrogen) atoms. The van der Waals surface area contributed by atoms with Gasteiger partial charge in [0.1, 0.15) is 0 Å². The van der Waals surface area contributed by atoms with Crippen molar-refractivity contribution in [2.45, 2.75) is 12.8 Å². The number of halogens is 1. The van der Waals surface area contributed by atoms with Crippen molar-refractivity contribution in [3.05, 3.63) is 29.3 Å². The predicted octanol–water partition coefficient (Wildman–Crippen LogP) is 2.67. The predicted molar refractivity (Wildman–Crippen MR) is 72.4 cm³/mol. The van der Waals surface area contributed by atoms with Crippen molar-refractivity contribution < 1.29 is 14.7 Å². The Morgan fingerprint density at radius 2 is 2.21 bits per heavy atom. The van der Waals surface area contributed by atoms with Gasteiger partial charge in [-0.2, -0.15) is 0 Å². The van der Waals surface area contributed by atoms with Crippen molar-refractivity contribution in [3.63, 3.8) is 0 Å². The fourth-order valence-electron chi connectivity index (χ4n) is 2.13. The number of rotatable bonds is 2. The van der Waals surface area contributed by atoms with Gasteiger partial charge < -0.3 is 15.3 Å². The number of nitrogens with one attached hydrogen (secondary N) is 1. The Bertz CT molecular complexity index is 493. The molecular formula is C13H15ClN2O3. The Balaban J connectivity index is 1.98. The number of carboxylic acid groups (broad SMARTS) is 1. The quantitative estimate of drug-likeness (QED) is 0.876. The molecule has 2 amide bonds. The molecule has 1 unspecified atom stereocenters. The molecule has 0 radical (unpaired) electrons. The van der Waals surface area contributed by atoms with Gasteiger partial charge in [0, 0.05) is 23.8 Å². The normalized spacial score (nSPS) is 19.0. The third-order valence-corrected chi connectivity index (χ3v) is 3.37. The maximum atomic E-state index is 12.0. The molecule has 0 aromatic heterocycles. The number of urea groups is 1. The molecule has 1 aliphatic heterocycles. The fraction of sp³-hybridized carbons (Fsp3) is 0.385. The van der Waals surface area contributed by atoms with Gasteiger partial charge in [-0.3, -0.25) is 4.79 Å². The highest BCUT2D eigenvalue weighted by Gasteiger charge is 2.28. The number of aliphatic carboxylic acids is 1. The number of carbonyl (C=O) groups excluding carboxylic acids is 1. The summed E-state index contributed by atoms with van der Waals surface area (Å²) in [6.07, 6.45) is 1.33. The van der Waals surface area contributed by atoms with Gasteiger partial charge in [0.05, 0.1) is 5.92 Å². The van der Waals surface area contributed by atoms with Crippen molar-refractivity contribution in [1.29, 1.82) is 0 Å². The molecule has 1 atom stereocenters. The SMILES string of the molecule is O=C(O)C1CCCN(C(=O)Nc2cccc(Cl)c2)C1. The maximum Gasteiger partial charge on any atom is 0.321 e. The Morgan fingerprint density at radius 1 is 1.42 bits per heavy atom. The molecule has 6 heteroatoms. The van der Waals surface area contributed by atoms with E-state index in [-0.39, 0.29) is 12.6 Å². The van der Waals surface area contributed by atoms with Gasteiger partial charge in [0.15, 0.2) is 0 Å². The molecule has 1 fully saturated rings. The molecule has 1 aliphatic rings. The van der Waals surface area contributed by atoms with Gasteiger partial charge in [-0.05, 0) is 31.0 Å². The zero-order valence-corrected chi connectivity index (χ0v) is 11.1. The van der Waals surface area contributed by atoms with Crippen molar-refractivity contribution in [3.8, 4) is 0 Å². The van der Waals surface area contributed by atoms with E-state index in [1.165, 1.54) is 4.90 Å². The average molecular weight is 283 g/mol. The number of amides is 2. The van der Waals surface area contributed by atoms with Gasteiger partial charge in [-0.15, -0.1) is 0 Å². The molecule has 2 rings (SSSR count). The average Bonchev–Trinajstić information content (AvgIpc) is 2.39. The topological polar surface area (TPSA) is 69.6 Å². The molecular weight excluding hydrogens is 268 g/mol. The molecule has 1 saturated heterocycles. The smallest absolute Gasteiger partial charge is 0.321 e. The highest BCUT2D eigenvalue weighted by atomic mass is 35.5. The summed E-state index contributed by atoms with van der Waals surface area (Å²) in [4.78, 5) is 24.5. The number of nitrogens with zero attached hydrogens (tertiary/aromatic N) is 1. The van der Waals surface area contributed by atoms with E-state index in [1.807, 2.05) is 0 Å². The molecule has 102 valence electrons. The summed E-state index contributed by atoms with van der Waals surface area (Å²) < 4.78 is 0. The number of likely N-dealkylation sites (tertiary alicyclic amines) is 1. The van der Waals surface area contributed by atoms with Gasteiger partial charge in [0.2, 0.25) is 0 Å². The first-order chi connectivity index (χ1) is 9.06. The molecule has 2 N–H and O–H groups in total. The summed E-state index contributed by atoms with van der Waals surface area (Å²) in [6, 6.07) is 6.57. The van der Waals surface area contributed by atoms with Crippen molar-refractivity contribution in [2.24, 2.45) is 5.92 Å². The maximum absolute atomic E-state index is 12.0. The van der Waals surface area contributed by atoms with Gasteiger partial charge in [-0.1, -0.05) is 17.7 Å². The van der Waals surface area contributed by atoms with E-state index in [0.29, 0.717) is 30.1 Å². The highest BCUT2D eigenvalue weighted by Crippen LogP contribution is 2.19. The number of carbonyl (C=O) groups is 2. The van der Waals surface area contributed by atoms with Crippen molar-refractivity contribution in [1.82, 2.24) is 4.90 Å². The minimum Gasteiger partial charge on any atom is -0.481 e. The van der Waals surface area contributed by atoms with Crippen LogP contribution in [0, 0.1) is 5.92 Å². The Labute approximate surface area is 116 Å². The van der Waals surface area contributed by atoms with Gasteiger partial charge >= 0.3 is 12.0 Å². The Hall–Kier alpha value is -1.75. The van der Waals surface area contributed by atoms with Gasteiger partial charge in [-0.25, -0.2) is 4.79 Å². The second-order valence-corrected chi connectivity index (χ2v) is 5.00. The second kappa shape index (κ2) is 5.93. The third-order valence-electron chi connectivity index (χ3n) is 3.13. The number of hydrogen-bond donors (Lipinski definition) is 2. The first-order valence-electron chi connectivity index (χ1n) is 6.10. The molecule has 1 heterocycles. The van der Waals surface area contributed by atoms with Crippen LogP contribution in [0.15, 0.2) is 24.3 Å². The zero-order chi connectivity index (χ0) is 13.8. The summed E-state index contributed by atoms with van der Waals surface area (Å²) >= 11 is 5.84. The third kappa shape index (κ3) is 3.61. The van der Waals surface area contributed by atoms with E-state index in [2.05, 4.69) is 5.32 Å². The van der Waals surface area contributed by atoms with Gasteiger partial charge in [0.25, 0.3) is 0 Å². The van der Waals surface area contributed by atoms with E-state index < -0.39 is 11.9 Å². The van der Waals surface area contributed by atoms with Crippen LogP contribution in [0.3, 0.4) is 0 Å². The van der Waals surface area contributed by atoms with Crippen molar-refractivity contribution in [2.75, 3.05) is 18.4 Å². The summed E-state index contributed by atoms with van der Waals surface area (Å²) in [5.74, 6) is -1.32. The minimum absolute atomic E-state index is 0.252. The first-order valence-corrected chi connectivity index (χ1v) is 6.48. The van der Waals surface area contributed by atoms with Crippen LogP contribution in [-0.2, 0) is 4.79 Å². The summed E-state index contributed by atoms with van der Waals surface area (Å²) in [5, 5.41) is 12.3. The standard InChI is InChI=1S/C13H15ClN2O3/c14-10-4-1-5-11(7-10)15-13(19)16-6-2-3-9(8-16)12(17)18/h1,4-5,7,9H,2-3,6,8H2,(H,15,19)(H,17,18). The summed E-state index contributed by atoms with van der Waals surface area (Å²) in [6.45, 7) is 0.831. The highest BCUT2D eigenvalue weighted by molar-refractivity contribution is 6.30. The van der Waals surface area contributed by atoms with Crippen LogP contribution < -0.4 is 5.32 Å². The molecule has 1 aromatic carbocycles. The molecule has 0 saturated carbocycles. The molecule has 1 aromatic rings. The lowest BCUT2D eigenvalue weighted by Crippen LogP contribution is -2.44. The van der Waals surface area contributed by atoms with E-state index in [1.54, 1.807) is 24.3 Å².